The average molecular weight is 234 g/mol. The second-order valence-electron chi connectivity index (χ2n) is 6.78. The average Bonchev–Trinajstić information content (AvgIpc) is 2.47. The molecule has 0 aliphatic heterocycles. The van der Waals surface area contributed by atoms with E-state index in [-0.39, 0.29) is 0 Å². The molecular formula is C16H26O. The second kappa shape index (κ2) is 3.98. The molecule has 3 atom stereocenters. The molecule has 17 heavy (non-hydrogen) atoms. The van der Waals surface area contributed by atoms with Gasteiger partial charge in [0.15, 0.2) is 0 Å². The molecule has 0 saturated heterocycles. The predicted octanol–water partition coefficient (Wildman–Crippen LogP) is 4.09. The van der Waals surface area contributed by atoms with Crippen molar-refractivity contribution >= 4 is 0 Å². The van der Waals surface area contributed by atoms with Gasteiger partial charge < -0.3 is 5.11 Å². The van der Waals surface area contributed by atoms with Gasteiger partial charge in [0, 0.05) is 0 Å². The number of rotatable bonds is 1. The van der Waals surface area contributed by atoms with Crippen molar-refractivity contribution in [1.82, 2.24) is 0 Å². The van der Waals surface area contributed by atoms with Gasteiger partial charge in [-0.05, 0) is 62.9 Å². The lowest BCUT2D eigenvalue weighted by Crippen LogP contribution is -2.35. The summed E-state index contributed by atoms with van der Waals surface area (Å²) in [5, 5.41) is 10.2. The molecule has 0 aromatic rings. The maximum atomic E-state index is 10.2. The van der Waals surface area contributed by atoms with Crippen LogP contribution in [0.15, 0.2) is 23.3 Å². The van der Waals surface area contributed by atoms with Crippen LogP contribution >= 0.6 is 0 Å². The van der Waals surface area contributed by atoms with Crippen LogP contribution in [0.1, 0.15) is 53.9 Å². The Morgan fingerprint density at radius 2 is 1.82 bits per heavy atom. The Bertz CT molecular complexity index is 371. The molecule has 0 radical (unpaired) electrons. The van der Waals surface area contributed by atoms with Crippen LogP contribution in [0, 0.1) is 17.3 Å². The standard InChI is InChI=1S/C16H26O/c1-11-6-7-14(15(11,3)4)13-8-9-16(5,17)12(2)10-13/h6,10,13-14,17H,7-9H2,1-5H3/t13-,14+,16-/m1/s1. The Morgan fingerprint density at radius 3 is 2.29 bits per heavy atom. The van der Waals surface area contributed by atoms with Gasteiger partial charge in [-0.1, -0.05) is 31.6 Å². The second-order valence-corrected chi connectivity index (χ2v) is 6.78. The van der Waals surface area contributed by atoms with Gasteiger partial charge in [0.2, 0.25) is 0 Å². The van der Waals surface area contributed by atoms with Crippen molar-refractivity contribution in [3.8, 4) is 0 Å². The predicted molar refractivity (Wildman–Crippen MR) is 72.7 cm³/mol. The van der Waals surface area contributed by atoms with Crippen LogP contribution in [0.5, 0.6) is 0 Å². The van der Waals surface area contributed by atoms with E-state index in [9.17, 15) is 5.11 Å². The molecule has 1 N–H and O–H groups in total. The van der Waals surface area contributed by atoms with Crippen molar-refractivity contribution in [3.63, 3.8) is 0 Å². The largest absolute Gasteiger partial charge is 0.386 e. The minimum atomic E-state index is -0.568. The van der Waals surface area contributed by atoms with E-state index in [1.54, 1.807) is 0 Å². The first-order valence-electron chi connectivity index (χ1n) is 6.83. The van der Waals surface area contributed by atoms with Gasteiger partial charge in [0.05, 0.1) is 5.60 Å². The highest BCUT2D eigenvalue weighted by Crippen LogP contribution is 2.50. The maximum absolute atomic E-state index is 10.2. The van der Waals surface area contributed by atoms with Crippen molar-refractivity contribution in [1.29, 1.82) is 0 Å². The molecule has 0 heterocycles. The summed E-state index contributed by atoms with van der Waals surface area (Å²) in [7, 11) is 0. The van der Waals surface area contributed by atoms with Crippen LogP contribution in [0.25, 0.3) is 0 Å². The van der Waals surface area contributed by atoms with Crippen LogP contribution in [0.3, 0.4) is 0 Å². The Kier molecular flexibility index (Phi) is 3.02. The maximum Gasteiger partial charge on any atom is 0.0826 e. The first kappa shape index (κ1) is 12.9. The molecule has 0 aromatic carbocycles. The van der Waals surface area contributed by atoms with E-state index in [1.807, 2.05) is 6.92 Å². The Labute approximate surface area is 106 Å². The van der Waals surface area contributed by atoms with Gasteiger partial charge in [0.25, 0.3) is 0 Å². The summed E-state index contributed by atoms with van der Waals surface area (Å²) in [4.78, 5) is 0. The molecule has 0 amide bonds. The molecule has 0 aromatic heterocycles. The third kappa shape index (κ3) is 2.10. The van der Waals surface area contributed by atoms with Crippen molar-refractivity contribution in [2.24, 2.45) is 17.3 Å². The van der Waals surface area contributed by atoms with E-state index in [1.165, 1.54) is 12.0 Å². The van der Waals surface area contributed by atoms with Gasteiger partial charge in [0.1, 0.15) is 0 Å². The van der Waals surface area contributed by atoms with Crippen molar-refractivity contribution < 1.29 is 5.11 Å². The number of hydrogen-bond donors (Lipinski definition) is 1. The molecule has 1 nitrogen and oxygen atoms in total. The van der Waals surface area contributed by atoms with Crippen LogP contribution in [0.4, 0.5) is 0 Å². The fourth-order valence-corrected chi connectivity index (χ4v) is 3.41. The first-order chi connectivity index (χ1) is 7.75. The molecular weight excluding hydrogens is 208 g/mol. The summed E-state index contributed by atoms with van der Waals surface area (Å²) >= 11 is 0. The molecule has 1 heteroatoms. The Hall–Kier alpha value is -0.560. The van der Waals surface area contributed by atoms with E-state index in [4.69, 9.17) is 0 Å². The van der Waals surface area contributed by atoms with Crippen LogP contribution in [0.2, 0.25) is 0 Å². The number of allylic oxidation sites excluding steroid dienone is 3. The highest BCUT2D eigenvalue weighted by Gasteiger charge is 2.41. The summed E-state index contributed by atoms with van der Waals surface area (Å²) in [5.74, 6) is 1.35. The summed E-state index contributed by atoms with van der Waals surface area (Å²) in [6.45, 7) is 11.0. The van der Waals surface area contributed by atoms with E-state index in [2.05, 4.69) is 39.8 Å². The highest BCUT2D eigenvalue weighted by molar-refractivity contribution is 5.24. The van der Waals surface area contributed by atoms with Gasteiger partial charge in [-0.25, -0.2) is 0 Å². The van der Waals surface area contributed by atoms with Gasteiger partial charge in [-0.2, -0.15) is 0 Å². The van der Waals surface area contributed by atoms with E-state index in [0.717, 1.165) is 18.4 Å². The summed E-state index contributed by atoms with van der Waals surface area (Å²) in [5.41, 5.74) is 2.45. The number of hydrogen-bond acceptors (Lipinski definition) is 1. The smallest absolute Gasteiger partial charge is 0.0826 e. The summed E-state index contributed by atoms with van der Waals surface area (Å²) in [6, 6.07) is 0. The molecule has 96 valence electrons. The molecule has 0 spiro atoms. The Morgan fingerprint density at radius 1 is 1.18 bits per heavy atom. The lowest BCUT2D eigenvalue weighted by Gasteiger charge is -2.40. The minimum absolute atomic E-state index is 0.324. The topological polar surface area (TPSA) is 20.2 Å². The highest BCUT2D eigenvalue weighted by atomic mass is 16.3. The third-order valence-corrected chi connectivity index (χ3v) is 5.42. The molecule has 2 aliphatic rings. The van der Waals surface area contributed by atoms with Crippen LogP contribution < -0.4 is 0 Å². The fourth-order valence-electron chi connectivity index (χ4n) is 3.41. The van der Waals surface area contributed by atoms with Gasteiger partial charge in [-0.15, -0.1) is 0 Å². The third-order valence-electron chi connectivity index (χ3n) is 5.42. The number of aliphatic hydroxyl groups is 1. The van der Waals surface area contributed by atoms with E-state index >= 15 is 0 Å². The Balaban J connectivity index is 2.20. The first-order valence-corrected chi connectivity index (χ1v) is 6.83. The molecule has 2 rings (SSSR count). The van der Waals surface area contributed by atoms with Gasteiger partial charge in [-0.3, -0.25) is 0 Å². The zero-order valence-corrected chi connectivity index (χ0v) is 11.9. The zero-order chi connectivity index (χ0) is 12.8. The minimum Gasteiger partial charge on any atom is -0.386 e. The monoisotopic (exact) mass is 234 g/mol. The SMILES string of the molecule is CC1=CC[C@@H]([C@H]2C=C(C)[C@](C)(O)CC2)C1(C)C. The molecule has 0 bridgehead atoms. The lowest BCUT2D eigenvalue weighted by atomic mass is 9.66. The quantitative estimate of drug-likeness (QED) is 0.678. The fraction of sp³-hybridized carbons (Fsp3) is 0.750. The molecule has 0 saturated carbocycles. The van der Waals surface area contributed by atoms with E-state index in [0.29, 0.717) is 17.3 Å². The van der Waals surface area contributed by atoms with Crippen molar-refractivity contribution in [2.75, 3.05) is 0 Å². The molecule has 2 aliphatic carbocycles. The van der Waals surface area contributed by atoms with Gasteiger partial charge >= 0.3 is 0 Å². The van der Waals surface area contributed by atoms with Crippen molar-refractivity contribution in [2.45, 2.75) is 59.5 Å². The lowest BCUT2D eigenvalue weighted by molar-refractivity contribution is 0.0634. The van der Waals surface area contributed by atoms with Crippen LogP contribution in [-0.4, -0.2) is 10.7 Å². The van der Waals surface area contributed by atoms with Crippen molar-refractivity contribution in [3.05, 3.63) is 23.3 Å². The zero-order valence-electron chi connectivity index (χ0n) is 11.9. The summed E-state index contributed by atoms with van der Waals surface area (Å²) in [6.07, 6.45) is 7.98. The van der Waals surface area contributed by atoms with E-state index < -0.39 is 5.60 Å². The molecule has 0 unspecified atom stereocenters. The normalized spacial score (nSPS) is 41.1. The van der Waals surface area contributed by atoms with Crippen LogP contribution in [-0.2, 0) is 0 Å². The summed E-state index contributed by atoms with van der Waals surface area (Å²) < 4.78 is 0. The molecule has 0 fully saturated rings.